The molecule has 1 heterocycles. The van der Waals surface area contributed by atoms with Crippen molar-refractivity contribution >= 4 is 29.0 Å². The maximum absolute atomic E-state index is 12.2. The molecule has 1 aromatic heterocycles. The fourth-order valence-corrected chi connectivity index (χ4v) is 3.27. The standard InChI is InChI=1S/C15H17N5O4S/c1-9-17-18-15(19(9)10-3-4-10)25-8-14(21)16-12-6-5-11(20(22)23)7-13(12)24-2/h5-7,10H,3-4,8H2,1-2H3,(H,16,21). The Morgan fingerprint density at radius 1 is 1.48 bits per heavy atom. The van der Waals surface area contributed by atoms with Crippen LogP contribution in [0.2, 0.25) is 0 Å². The van der Waals surface area contributed by atoms with E-state index >= 15 is 0 Å². The molecule has 10 heteroatoms. The highest BCUT2D eigenvalue weighted by Gasteiger charge is 2.28. The SMILES string of the molecule is COc1cc([N+](=O)[O-])ccc1NC(=O)CSc1nnc(C)n1C1CC1. The number of carbonyl (C=O) groups is 1. The molecule has 3 rings (SSSR count). The van der Waals surface area contributed by atoms with E-state index in [2.05, 4.69) is 20.1 Å². The van der Waals surface area contributed by atoms with E-state index in [9.17, 15) is 14.9 Å². The summed E-state index contributed by atoms with van der Waals surface area (Å²) >= 11 is 1.31. The first-order valence-electron chi connectivity index (χ1n) is 7.66. The molecule has 2 aromatic rings. The molecule has 0 unspecified atom stereocenters. The summed E-state index contributed by atoms with van der Waals surface area (Å²) in [6, 6.07) is 4.49. The van der Waals surface area contributed by atoms with Crippen molar-refractivity contribution in [2.45, 2.75) is 31.0 Å². The van der Waals surface area contributed by atoms with E-state index in [0.29, 0.717) is 11.7 Å². The first-order chi connectivity index (χ1) is 12.0. The molecular weight excluding hydrogens is 346 g/mol. The molecule has 1 aromatic carbocycles. The Labute approximate surface area is 147 Å². The lowest BCUT2D eigenvalue weighted by atomic mass is 10.2. The Bertz CT molecular complexity index is 818. The van der Waals surface area contributed by atoms with Gasteiger partial charge in [-0.05, 0) is 25.8 Å². The molecule has 1 N–H and O–H groups in total. The van der Waals surface area contributed by atoms with E-state index in [1.54, 1.807) is 0 Å². The zero-order chi connectivity index (χ0) is 18.0. The van der Waals surface area contributed by atoms with Gasteiger partial charge in [0.05, 0.1) is 29.5 Å². The Balaban J connectivity index is 1.64. The highest BCUT2D eigenvalue weighted by molar-refractivity contribution is 7.99. The normalized spacial score (nSPS) is 13.5. The number of benzene rings is 1. The highest BCUT2D eigenvalue weighted by atomic mass is 32.2. The number of anilines is 1. The molecular formula is C15H17N5O4S. The topological polar surface area (TPSA) is 112 Å². The number of nitro benzene ring substituents is 1. The largest absolute Gasteiger partial charge is 0.494 e. The number of ether oxygens (including phenoxy) is 1. The van der Waals surface area contributed by atoms with Crippen LogP contribution in [-0.2, 0) is 4.79 Å². The first kappa shape index (κ1) is 17.2. The molecule has 0 radical (unpaired) electrons. The number of nitrogens with zero attached hydrogens (tertiary/aromatic N) is 4. The van der Waals surface area contributed by atoms with Crippen LogP contribution in [0.15, 0.2) is 23.4 Å². The monoisotopic (exact) mass is 363 g/mol. The van der Waals surface area contributed by atoms with Gasteiger partial charge in [-0.3, -0.25) is 14.9 Å². The lowest BCUT2D eigenvalue weighted by molar-refractivity contribution is -0.384. The molecule has 1 saturated carbocycles. The Hall–Kier alpha value is -2.62. The van der Waals surface area contributed by atoms with Crippen LogP contribution in [0.3, 0.4) is 0 Å². The lowest BCUT2D eigenvalue weighted by Gasteiger charge is -2.10. The maximum atomic E-state index is 12.2. The number of hydrogen-bond acceptors (Lipinski definition) is 7. The second-order valence-corrected chi connectivity index (χ2v) is 6.55. The summed E-state index contributed by atoms with van der Waals surface area (Å²) in [5.74, 6) is 0.998. The van der Waals surface area contributed by atoms with E-state index in [0.717, 1.165) is 23.8 Å². The average molecular weight is 363 g/mol. The van der Waals surface area contributed by atoms with Gasteiger partial charge < -0.3 is 14.6 Å². The number of nitrogens with one attached hydrogen (secondary N) is 1. The van der Waals surface area contributed by atoms with E-state index in [-0.39, 0.29) is 23.1 Å². The Kier molecular flexibility index (Phi) is 4.88. The minimum atomic E-state index is -0.517. The number of carbonyl (C=O) groups excluding carboxylic acids is 1. The fourth-order valence-electron chi connectivity index (χ4n) is 2.41. The fraction of sp³-hybridized carbons (Fsp3) is 0.400. The van der Waals surface area contributed by atoms with Crippen molar-refractivity contribution in [3.8, 4) is 5.75 Å². The number of aromatic nitrogens is 3. The molecule has 1 aliphatic rings. The van der Waals surface area contributed by atoms with Crippen molar-refractivity contribution < 1.29 is 14.5 Å². The quantitative estimate of drug-likeness (QED) is 0.457. The Morgan fingerprint density at radius 3 is 2.88 bits per heavy atom. The number of nitro groups is 1. The van der Waals surface area contributed by atoms with Crippen LogP contribution in [-0.4, -0.2) is 38.5 Å². The van der Waals surface area contributed by atoms with Crippen LogP contribution in [0.4, 0.5) is 11.4 Å². The molecule has 132 valence electrons. The molecule has 0 saturated heterocycles. The molecule has 9 nitrogen and oxygen atoms in total. The van der Waals surface area contributed by atoms with Crippen LogP contribution in [0.25, 0.3) is 0 Å². The number of non-ortho nitro benzene ring substituents is 1. The van der Waals surface area contributed by atoms with E-state index < -0.39 is 4.92 Å². The summed E-state index contributed by atoms with van der Waals surface area (Å²) in [6.07, 6.45) is 2.22. The van der Waals surface area contributed by atoms with Crippen molar-refractivity contribution in [1.82, 2.24) is 14.8 Å². The summed E-state index contributed by atoms with van der Waals surface area (Å²) in [5.41, 5.74) is 0.288. The van der Waals surface area contributed by atoms with Gasteiger partial charge in [0.15, 0.2) is 5.16 Å². The van der Waals surface area contributed by atoms with Crippen LogP contribution in [0.1, 0.15) is 24.7 Å². The molecule has 0 bridgehead atoms. The second kappa shape index (κ2) is 7.09. The minimum Gasteiger partial charge on any atom is -0.494 e. The summed E-state index contributed by atoms with van der Waals surface area (Å²) in [7, 11) is 1.39. The van der Waals surface area contributed by atoms with Gasteiger partial charge in [-0.15, -0.1) is 10.2 Å². The van der Waals surface area contributed by atoms with Gasteiger partial charge >= 0.3 is 0 Å². The molecule has 25 heavy (non-hydrogen) atoms. The van der Waals surface area contributed by atoms with Crippen molar-refractivity contribution in [3.63, 3.8) is 0 Å². The number of hydrogen-bond donors (Lipinski definition) is 1. The van der Waals surface area contributed by atoms with Gasteiger partial charge in [0.25, 0.3) is 5.69 Å². The predicted octanol–water partition coefficient (Wildman–Crippen LogP) is 2.57. The zero-order valence-electron chi connectivity index (χ0n) is 13.8. The van der Waals surface area contributed by atoms with Crippen LogP contribution < -0.4 is 10.1 Å². The second-order valence-electron chi connectivity index (χ2n) is 5.61. The van der Waals surface area contributed by atoms with Crippen LogP contribution >= 0.6 is 11.8 Å². The summed E-state index contributed by atoms with van der Waals surface area (Å²) in [5, 5.41) is 22.4. The van der Waals surface area contributed by atoms with Crippen molar-refractivity contribution in [2.75, 3.05) is 18.2 Å². The van der Waals surface area contributed by atoms with E-state index in [4.69, 9.17) is 4.74 Å². The third kappa shape index (κ3) is 3.90. The molecule has 1 fully saturated rings. The van der Waals surface area contributed by atoms with Crippen LogP contribution in [0, 0.1) is 17.0 Å². The van der Waals surface area contributed by atoms with Gasteiger partial charge in [-0.25, -0.2) is 0 Å². The third-order valence-corrected chi connectivity index (χ3v) is 4.69. The summed E-state index contributed by atoms with van der Waals surface area (Å²) in [4.78, 5) is 22.5. The number of rotatable bonds is 7. The summed E-state index contributed by atoms with van der Waals surface area (Å²) in [6.45, 7) is 1.90. The van der Waals surface area contributed by atoms with Gasteiger partial charge in [0.1, 0.15) is 11.6 Å². The summed E-state index contributed by atoms with van der Waals surface area (Å²) < 4.78 is 7.17. The smallest absolute Gasteiger partial charge is 0.273 e. The highest BCUT2D eigenvalue weighted by Crippen LogP contribution is 2.38. The van der Waals surface area contributed by atoms with E-state index in [1.807, 2.05) is 6.92 Å². The molecule has 0 atom stereocenters. The number of methoxy groups -OCH3 is 1. The minimum absolute atomic E-state index is 0.0998. The van der Waals surface area contributed by atoms with Crippen LogP contribution in [0.5, 0.6) is 5.75 Å². The molecule has 1 amide bonds. The maximum Gasteiger partial charge on any atom is 0.273 e. The Morgan fingerprint density at radius 2 is 2.24 bits per heavy atom. The van der Waals surface area contributed by atoms with Gasteiger partial charge in [0.2, 0.25) is 5.91 Å². The van der Waals surface area contributed by atoms with Crippen molar-refractivity contribution in [3.05, 3.63) is 34.1 Å². The average Bonchev–Trinajstić information content (AvgIpc) is 3.36. The zero-order valence-corrected chi connectivity index (χ0v) is 14.6. The number of thioether (sulfide) groups is 1. The van der Waals surface area contributed by atoms with Crippen molar-refractivity contribution in [1.29, 1.82) is 0 Å². The van der Waals surface area contributed by atoms with Crippen molar-refractivity contribution in [2.24, 2.45) is 0 Å². The number of aryl methyl sites for hydroxylation is 1. The predicted molar refractivity (Wildman–Crippen MR) is 92.0 cm³/mol. The number of amides is 1. The first-order valence-corrected chi connectivity index (χ1v) is 8.64. The van der Waals surface area contributed by atoms with Gasteiger partial charge in [0, 0.05) is 12.1 Å². The third-order valence-electron chi connectivity index (χ3n) is 3.75. The molecule has 1 aliphatic carbocycles. The van der Waals surface area contributed by atoms with Gasteiger partial charge in [-0.2, -0.15) is 0 Å². The molecule has 0 spiro atoms. The van der Waals surface area contributed by atoms with E-state index in [1.165, 1.54) is 37.1 Å². The lowest BCUT2D eigenvalue weighted by Crippen LogP contribution is -2.15. The molecule has 0 aliphatic heterocycles. The van der Waals surface area contributed by atoms with Gasteiger partial charge in [-0.1, -0.05) is 11.8 Å².